The first-order chi connectivity index (χ1) is 13.2. The summed E-state index contributed by atoms with van der Waals surface area (Å²) in [5.41, 5.74) is 4.18. The monoisotopic (exact) mass is 357 g/mol. The molecule has 0 unspecified atom stereocenters. The molecule has 0 aliphatic rings. The lowest BCUT2D eigenvalue weighted by molar-refractivity contribution is -0.117. The minimum absolute atomic E-state index is 0.0851. The molecule has 3 aromatic rings. The number of nitrogens with zero attached hydrogens (tertiary/aromatic N) is 1. The van der Waals surface area contributed by atoms with Gasteiger partial charge in [0.2, 0.25) is 5.91 Å². The molecule has 0 aliphatic heterocycles. The van der Waals surface area contributed by atoms with Crippen LogP contribution in [0.25, 0.3) is 6.08 Å². The molecule has 0 saturated heterocycles. The molecule has 27 heavy (non-hydrogen) atoms. The third kappa shape index (κ3) is 5.82. The van der Waals surface area contributed by atoms with E-state index in [0.717, 1.165) is 22.4 Å². The predicted molar refractivity (Wildman–Crippen MR) is 110 cm³/mol. The Morgan fingerprint density at radius 3 is 2.70 bits per heavy atom. The van der Waals surface area contributed by atoms with Gasteiger partial charge in [-0.2, -0.15) is 0 Å². The Morgan fingerprint density at radius 1 is 1.07 bits per heavy atom. The van der Waals surface area contributed by atoms with Gasteiger partial charge in [-0.05, 0) is 47.9 Å². The van der Waals surface area contributed by atoms with Crippen molar-refractivity contribution in [3.05, 3.63) is 102 Å². The first kappa shape index (κ1) is 18.4. The number of pyridine rings is 1. The van der Waals surface area contributed by atoms with Crippen molar-refractivity contribution < 1.29 is 4.79 Å². The van der Waals surface area contributed by atoms with Crippen LogP contribution in [0.1, 0.15) is 29.7 Å². The van der Waals surface area contributed by atoms with Crippen molar-refractivity contribution >= 4 is 17.7 Å². The summed E-state index contributed by atoms with van der Waals surface area (Å²) in [7, 11) is 0. The number of rotatable bonds is 7. The van der Waals surface area contributed by atoms with Crippen molar-refractivity contribution in [2.45, 2.75) is 19.5 Å². The van der Waals surface area contributed by atoms with Crippen molar-refractivity contribution in [1.29, 1.82) is 0 Å². The van der Waals surface area contributed by atoms with Crippen LogP contribution in [-0.2, 0) is 11.3 Å². The summed E-state index contributed by atoms with van der Waals surface area (Å²) in [6, 6.07) is 21.7. The molecule has 136 valence electrons. The standard InChI is InChI=1S/C23H23N3O/c1-18(26-23(27)13-12-19-7-3-2-4-8-19)21-10-5-11-22(15-21)25-17-20-9-6-14-24-16-20/h2-16,18,25H,17H2,1H3,(H,26,27)/b13-12-/t18-/m0/s1. The Morgan fingerprint density at radius 2 is 1.93 bits per heavy atom. The lowest BCUT2D eigenvalue weighted by Gasteiger charge is -2.15. The summed E-state index contributed by atoms with van der Waals surface area (Å²) in [5, 5.41) is 6.39. The Kier molecular flexibility index (Phi) is 6.36. The average Bonchev–Trinajstić information content (AvgIpc) is 2.72. The number of carbonyl (C=O) groups excluding carboxylic acids is 1. The molecular formula is C23H23N3O. The van der Waals surface area contributed by atoms with Gasteiger partial charge in [0.1, 0.15) is 0 Å². The number of nitrogens with one attached hydrogen (secondary N) is 2. The molecule has 4 nitrogen and oxygen atoms in total. The maximum atomic E-state index is 12.2. The van der Waals surface area contributed by atoms with Crippen molar-refractivity contribution in [1.82, 2.24) is 10.3 Å². The maximum Gasteiger partial charge on any atom is 0.244 e. The van der Waals surface area contributed by atoms with Crippen molar-refractivity contribution in [2.24, 2.45) is 0 Å². The van der Waals surface area contributed by atoms with Crippen molar-refractivity contribution in [3.8, 4) is 0 Å². The number of hydrogen-bond donors (Lipinski definition) is 2. The normalized spacial score (nSPS) is 11.9. The van der Waals surface area contributed by atoms with Gasteiger partial charge in [0.25, 0.3) is 0 Å². The van der Waals surface area contributed by atoms with E-state index in [1.165, 1.54) is 0 Å². The number of amides is 1. The molecule has 3 rings (SSSR count). The lowest BCUT2D eigenvalue weighted by atomic mass is 10.1. The summed E-state index contributed by atoms with van der Waals surface area (Å²) in [5.74, 6) is -0.111. The van der Waals surface area contributed by atoms with Gasteiger partial charge in [-0.15, -0.1) is 0 Å². The van der Waals surface area contributed by atoms with Gasteiger partial charge in [-0.25, -0.2) is 0 Å². The number of hydrogen-bond acceptors (Lipinski definition) is 3. The summed E-state index contributed by atoms with van der Waals surface area (Å²) in [6.07, 6.45) is 6.99. The van der Waals surface area contributed by atoms with E-state index in [-0.39, 0.29) is 11.9 Å². The minimum Gasteiger partial charge on any atom is -0.381 e. The van der Waals surface area contributed by atoms with Crippen LogP contribution in [-0.4, -0.2) is 10.9 Å². The zero-order chi connectivity index (χ0) is 18.9. The van der Waals surface area contributed by atoms with Crippen LogP contribution in [0.3, 0.4) is 0 Å². The zero-order valence-electron chi connectivity index (χ0n) is 15.3. The average molecular weight is 357 g/mol. The van der Waals surface area contributed by atoms with E-state index in [9.17, 15) is 4.79 Å². The smallest absolute Gasteiger partial charge is 0.244 e. The van der Waals surface area contributed by atoms with E-state index in [1.54, 1.807) is 12.3 Å². The molecular weight excluding hydrogens is 334 g/mol. The maximum absolute atomic E-state index is 12.2. The first-order valence-electron chi connectivity index (χ1n) is 8.97. The molecule has 1 amide bonds. The topological polar surface area (TPSA) is 54.0 Å². The van der Waals surface area contributed by atoms with Gasteiger partial charge < -0.3 is 10.6 Å². The third-order valence-electron chi connectivity index (χ3n) is 4.19. The van der Waals surface area contributed by atoms with Crippen LogP contribution in [0.4, 0.5) is 5.69 Å². The molecule has 0 fully saturated rings. The second-order valence-electron chi connectivity index (χ2n) is 6.31. The summed E-state index contributed by atoms with van der Waals surface area (Å²) in [4.78, 5) is 16.3. The van der Waals surface area contributed by atoms with Gasteiger partial charge in [-0.1, -0.05) is 48.5 Å². The highest BCUT2D eigenvalue weighted by molar-refractivity contribution is 5.91. The van der Waals surface area contributed by atoms with Crippen LogP contribution in [0.15, 0.2) is 85.2 Å². The Bertz CT molecular complexity index is 892. The lowest BCUT2D eigenvalue weighted by Crippen LogP contribution is -2.24. The highest BCUT2D eigenvalue weighted by atomic mass is 16.1. The third-order valence-corrected chi connectivity index (χ3v) is 4.19. The highest BCUT2D eigenvalue weighted by Crippen LogP contribution is 2.18. The van der Waals surface area contributed by atoms with Gasteiger partial charge in [0, 0.05) is 30.7 Å². The molecule has 0 saturated carbocycles. The minimum atomic E-state index is -0.111. The number of benzene rings is 2. The van der Waals surface area contributed by atoms with Crippen LogP contribution in [0, 0.1) is 0 Å². The second kappa shape index (κ2) is 9.34. The van der Waals surface area contributed by atoms with Crippen LogP contribution < -0.4 is 10.6 Å². The Balaban J connectivity index is 1.57. The van der Waals surface area contributed by atoms with E-state index >= 15 is 0 Å². The molecule has 2 aromatic carbocycles. The summed E-state index contributed by atoms with van der Waals surface area (Å²) >= 11 is 0. The number of carbonyl (C=O) groups is 1. The van der Waals surface area contributed by atoms with E-state index in [1.807, 2.05) is 79.9 Å². The molecule has 2 N–H and O–H groups in total. The van der Waals surface area contributed by atoms with Gasteiger partial charge >= 0.3 is 0 Å². The van der Waals surface area contributed by atoms with Crippen LogP contribution in [0.5, 0.6) is 0 Å². The Hall–Kier alpha value is -3.40. The number of aromatic nitrogens is 1. The highest BCUT2D eigenvalue weighted by Gasteiger charge is 2.08. The van der Waals surface area contributed by atoms with E-state index in [4.69, 9.17) is 0 Å². The van der Waals surface area contributed by atoms with Crippen molar-refractivity contribution in [3.63, 3.8) is 0 Å². The fourth-order valence-corrected chi connectivity index (χ4v) is 2.71. The molecule has 1 aromatic heterocycles. The SMILES string of the molecule is C[C@H](NC(=O)/C=C\c1ccccc1)c1cccc(NCc2cccnc2)c1. The van der Waals surface area contributed by atoms with Crippen LogP contribution >= 0.6 is 0 Å². The van der Waals surface area contributed by atoms with Crippen LogP contribution in [0.2, 0.25) is 0 Å². The first-order valence-corrected chi connectivity index (χ1v) is 8.97. The molecule has 1 atom stereocenters. The Labute approximate surface area is 160 Å². The van der Waals surface area contributed by atoms with Gasteiger partial charge in [-0.3, -0.25) is 9.78 Å². The van der Waals surface area contributed by atoms with Crippen molar-refractivity contribution in [2.75, 3.05) is 5.32 Å². The molecule has 0 bridgehead atoms. The predicted octanol–water partition coefficient (Wildman–Crippen LogP) is 4.58. The van der Waals surface area contributed by atoms with E-state index in [2.05, 4.69) is 21.7 Å². The molecule has 0 spiro atoms. The summed E-state index contributed by atoms with van der Waals surface area (Å²) < 4.78 is 0. The fraction of sp³-hybridized carbons (Fsp3) is 0.130. The fourth-order valence-electron chi connectivity index (χ4n) is 2.71. The molecule has 4 heteroatoms. The quantitative estimate of drug-likeness (QED) is 0.608. The number of anilines is 1. The molecule has 1 heterocycles. The van der Waals surface area contributed by atoms with E-state index in [0.29, 0.717) is 6.54 Å². The van der Waals surface area contributed by atoms with E-state index < -0.39 is 0 Å². The summed E-state index contributed by atoms with van der Waals surface area (Å²) in [6.45, 7) is 2.69. The molecule has 0 radical (unpaired) electrons. The van der Waals surface area contributed by atoms with Gasteiger partial charge in [0.05, 0.1) is 6.04 Å². The zero-order valence-corrected chi connectivity index (χ0v) is 15.3. The largest absolute Gasteiger partial charge is 0.381 e. The van der Waals surface area contributed by atoms with Gasteiger partial charge in [0.15, 0.2) is 0 Å². The second-order valence-corrected chi connectivity index (χ2v) is 6.31. The molecule has 0 aliphatic carbocycles.